The van der Waals surface area contributed by atoms with E-state index in [1.165, 1.54) is 25.3 Å². The minimum atomic E-state index is -0.926. The SMILES string of the molecule is C=CCCC1CCC(c2ccc3cc(OCC=C)c(F)c(F)c3c2)CC1. The first-order chi connectivity index (χ1) is 12.6. The number of fused-ring (bicyclic) bond motifs is 1. The molecule has 1 fully saturated rings. The highest BCUT2D eigenvalue weighted by atomic mass is 19.2. The fourth-order valence-corrected chi connectivity index (χ4v) is 3.97. The summed E-state index contributed by atoms with van der Waals surface area (Å²) in [6.07, 6.45) is 10.4. The fourth-order valence-electron chi connectivity index (χ4n) is 3.97. The summed E-state index contributed by atoms with van der Waals surface area (Å²) in [6, 6.07) is 7.30. The minimum absolute atomic E-state index is 0.0645. The van der Waals surface area contributed by atoms with Crippen molar-refractivity contribution in [3.05, 3.63) is 66.8 Å². The highest BCUT2D eigenvalue weighted by molar-refractivity contribution is 5.85. The van der Waals surface area contributed by atoms with Crippen LogP contribution in [-0.2, 0) is 0 Å². The zero-order valence-corrected chi connectivity index (χ0v) is 15.1. The van der Waals surface area contributed by atoms with E-state index in [9.17, 15) is 8.78 Å². The Balaban J connectivity index is 1.80. The van der Waals surface area contributed by atoms with E-state index in [0.717, 1.165) is 30.7 Å². The van der Waals surface area contributed by atoms with Crippen LogP contribution in [0.25, 0.3) is 10.8 Å². The van der Waals surface area contributed by atoms with Gasteiger partial charge in [-0.2, -0.15) is 4.39 Å². The number of hydrogen-bond donors (Lipinski definition) is 0. The standard InChI is InChI=1S/C23H26F2O/c1-3-5-6-16-7-9-17(10-8-16)18-11-12-19-15-21(26-13-4-2)23(25)22(24)20(19)14-18/h3-4,11-12,14-17H,1-2,5-10,13H2. The Hall–Kier alpha value is -2.16. The van der Waals surface area contributed by atoms with Gasteiger partial charge in [0.05, 0.1) is 0 Å². The second-order valence-corrected chi connectivity index (χ2v) is 7.17. The summed E-state index contributed by atoms with van der Waals surface area (Å²) in [5.41, 5.74) is 1.11. The molecule has 0 N–H and O–H groups in total. The second kappa shape index (κ2) is 8.48. The van der Waals surface area contributed by atoms with Crippen molar-refractivity contribution in [1.29, 1.82) is 0 Å². The van der Waals surface area contributed by atoms with Crippen LogP contribution in [0.5, 0.6) is 5.75 Å². The van der Waals surface area contributed by atoms with Crippen molar-refractivity contribution in [2.75, 3.05) is 6.61 Å². The molecule has 3 heteroatoms. The van der Waals surface area contributed by atoms with Crippen LogP contribution < -0.4 is 4.74 Å². The molecule has 0 bridgehead atoms. The molecule has 1 aliphatic carbocycles. The van der Waals surface area contributed by atoms with E-state index in [0.29, 0.717) is 16.7 Å². The van der Waals surface area contributed by atoms with Crippen LogP contribution >= 0.6 is 0 Å². The third-order valence-corrected chi connectivity index (χ3v) is 5.46. The van der Waals surface area contributed by atoms with Gasteiger partial charge in [0.15, 0.2) is 11.6 Å². The van der Waals surface area contributed by atoms with Crippen molar-refractivity contribution in [3.63, 3.8) is 0 Å². The molecule has 26 heavy (non-hydrogen) atoms. The van der Waals surface area contributed by atoms with Gasteiger partial charge in [0.2, 0.25) is 5.82 Å². The molecule has 3 rings (SSSR count). The average Bonchev–Trinajstić information content (AvgIpc) is 2.68. The van der Waals surface area contributed by atoms with E-state index in [2.05, 4.69) is 13.2 Å². The van der Waals surface area contributed by atoms with Gasteiger partial charge in [-0.05, 0) is 73.4 Å². The number of halogens is 2. The topological polar surface area (TPSA) is 9.23 Å². The molecule has 0 radical (unpaired) electrons. The number of benzene rings is 2. The van der Waals surface area contributed by atoms with Crippen LogP contribution in [0.1, 0.15) is 50.0 Å². The van der Waals surface area contributed by atoms with Crippen LogP contribution in [0.2, 0.25) is 0 Å². The zero-order chi connectivity index (χ0) is 18.5. The summed E-state index contributed by atoms with van der Waals surface area (Å²) >= 11 is 0. The summed E-state index contributed by atoms with van der Waals surface area (Å²) in [7, 11) is 0. The van der Waals surface area contributed by atoms with E-state index >= 15 is 0 Å². The lowest BCUT2D eigenvalue weighted by Gasteiger charge is -2.28. The van der Waals surface area contributed by atoms with E-state index in [-0.39, 0.29) is 12.4 Å². The Morgan fingerprint density at radius 2 is 1.77 bits per heavy atom. The first kappa shape index (κ1) is 18.6. The molecule has 1 aliphatic rings. The maximum Gasteiger partial charge on any atom is 0.201 e. The van der Waals surface area contributed by atoms with Crippen molar-refractivity contribution in [2.24, 2.45) is 5.92 Å². The van der Waals surface area contributed by atoms with E-state index in [4.69, 9.17) is 4.74 Å². The molecule has 0 unspecified atom stereocenters. The van der Waals surface area contributed by atoms with Crippen LogP contribution in [0, 0.1) is 17.6 Å². The normalized spacial score (nSPS) is 20.1. The molecular weight excluding hydrogens is 330 g/mol. The Bertz CT molecular complexity index is 788. The highest BCUT2D eigenvalue weighted by Crippen LogP contribution is 2.39. The molecule has 0 spiro atoms. The van der Waals surface area contributed by atoms with Gasteiger partial charge >= 0.3 is 0 Å². The lowest BCUT2D eigenvalue weighted by molar-refractivity contribution is 0.312. The van der Waals surface area contributed by atoms with Crippen molar-refractivity contribution >= 4 is 10.8 Å². The molecule has 0 aliphatic heterocycles. The minimum Gasteiger partial charge on any atom is -0.486 e. The second-order valence-electron chi connectivity index (χ2n) is 7.17. The molecule has 2 aromatic carbocycles. The van der Waals surface area contributed by atoms with E-state index in [1.807, 2.05) is 24.3 Å². The van der Waals surface area contributed by atoms with Gasteiger partial charge in [-0.1, -0.05) is 30.9 Å². The Kier molecular flexibility index (Phi) is 6.08. The van der Waals surface area contributed by atoms with Gasteiger partial charge in [0, 0.05) is 5.39 Å². The largest absolute Gasteiger partial charge is 0.486 e. The molecule has 0 amide bonds. The molecule has 0 heterocycles. The van der Waals surface area contributed by atoms with Crippen molar-refractivity contribution < 1.29 is 13.5 Å². The fraction of sp³-hybridized carbons (Fsp3) is 0.391. The number of hydrogen-bond acceptors (Lipinski definition) is 1. The van der Waals surface area contributed by atoms with Gasteiger partial charge in [0.25, 0.3) is 0 Å². The summed E-state index contributed by atoms with van der Waals surface area (Å²) in [5.74, 6) is -0.625. The Labute approximate surface area is 154 Å². The summed E-state index contributed by atoms with van der Waals surface area (Å²) in [6.45, 7) is 7.47. The number of allylic oxidation sites excluding steroid dienone is 1. The van der Waals surface area contributed by atoms with Gasteiger partial charge in [-0.25, -0.2) is 4.39 Å². The Morgan fingerprint density at radius 3 is 2.46 bits per heavy atom. The van der Waals surface area contributed by atoms with E-state index in [1.54, 1.807) is 6.07 Å². The van der Waals surface area contributed by atoms with Crippen molar-refractivity contribution in [2.45, 2.75) is 44.4 Å². The highest BCUT2D eigenvalue weighted by Gasteiger charge is 2.23. The predicted octanol–water partition coefficient (Wildman–Crippen LogP) is 6.92. The summed E-state index contributed by atoms with van der Waals surface area (Å²) in [5, 5.41) is 0.992. The number of ether oxygens (including phenoxy) is 1. The van der Waals surface area contributed by atoms with Gasteiger partial charge in [0.1, 0.15) is 6.61 Å². The molecule has 0 saturated heterocycles. The third-order valence-electron chi connectivity index (χ3n) is 5.46. The first-order valence-electron chi connectivity index (χ1n) is 9.40. The Morgan fingerprint density at radius 1 is 1.00 bits per heavy atom. The third kappa shape index (κ3) is 3.98. The molecule has 0 atom stereocenters. The number of rotatable bonds is 7. The summed E-state index contributed by atoms with van der Waals surface area (Å²) < 4.78 is 34.0. The van der Waals surface area contributed by atoms with E-state index < -0.39 is 11.6 Å². The molecule has 1 saturated carbocycles. The molecule has 2 aromatic rings. The quantitative estimate of drug-likeness (QED) is 0.489. The maximum atomic E-state index is 14.5. The van der Waals surface area contributed by atoms with Crippen LogP contribution in [0.3, 0.4) is 0 Å². The monoisotopic (exact) mass is 356 g/mol. The molecular formula is C23H26F2O. The lowest BCUT2D eigenvalue weighted by atomic mass is 9.77. The molecule has 0 aromatic heterocycles. The van der Waals surface area contributed by atoms with Gasteiger partial charge in [-0.3, -0.25) is 0 Å². The molecule has 1 nitrogen and oxygen atoms in total. The predicted molar refractivity (Wildman–Crippen MR) is 104 cm³/mol. The molecule has 138 valence electrons. The summed E-state index contributed by atoms with van der Waals surface area (Å²) in [4.78, 5) is 0. The zero-order valence-electron chi connectivity index (χ0n) is 15.1. The van der Waals surface area contributed by atoms with Crippen LogP contribution in [-0.4, -0.2) is 6.61 Å². The van der Waals surface area contributed by atoms with Gasteiger partial charge < -0.3 is 4.74 Å². The van der Waals surface area contributed by atoms with Gasteiger partial charge in [-0.15, -0.1) is 6.58 Å². The van der Waals surface area contributed by atoms with Crippen LogP contribution in [0.15, 0.2) is 49.6 Å². The first-order valence-corrected chi connectivity index (χ1v) is 9.40. The smallest absolute Gasteiger partial charge is 0.201 e. The maximum absolute atomic E-state index is 14.5. The lowest BCUT2D eigenvalue weighted by Crippen LogP contribution is -2.13. The average molecular weight is 356 g/mol. The van der Waals surface area contributed by atoms with Crippen molar-refractivity contribution in [3.8, 4) is 5.75 Å². The van der Waals surface area contributed by atoms with Crippen molar-refractivity contribution in [1.82, 2.24) is 0 Å². The van der Waals surface area contributed by atoms with Crippen LogP contribution in [0.4, 0.5) is 8.78 Å².